The zero-order valence-electron chi connectivity index (χ0n) is 8.39. The Kier molecular flexibility index (Phi) is 1.99. The molecule has 3 rings (SSSR count). The van der Waals surface area contributed by atoms with Gasteiger partial charge in [0.2, 0.25) is 0 Å². The number of hydrogen-bond acceptors (Lipinski definition) is 6. The molecular weight excluding hydrogens is 244 g/mol. The van der Waals surface area contributed by atoms with Gasteiger partial charge in [-0.05, 0) is 34.7 Å². The monoisotopic (exact) mass is 250 g/mol. The zero-order valence-corrected chi connectivity index (χ0v) is 9.20. The van der Waals surface area contributed by atoms with E-state index in [1.165, 1.54) is 17.1 Å². The second kappa shape index (κ2) is 3.39. The van der Waals surface area contributed by atoms with Gasteiger partial charge < -0.3 is 4.18 Å². The molecule has 0 aliphatic carbocycles. The lowest BCUT2D eigenvalue weighted by Gasteiger charge is -2.12. The van der Waals surface area contributed by atoms with Gasteiger partial charge in [0.05, 0.1) is 11.1 Å². The topological polar surface area (TPSA) is 87.0 Å². The van der Waals surface area contributed by atoms with Crippen LogP contribution in [0.1, 0.15) is 5.56 Å². The van der Waals surface area contributed by atoms with Gasteiger partial charge in [-0.2, -0.15) is 8.42 Å². The summed E-state index contributed by atoms with van der Waals surface area (Å²) < 4.78 is 28.6. The van der Waals surface area contributed by atoms with Gasteiger partial charge in [-0.15, -0.1) is 5.10 Å². The number of aromatic nitrogens is 4. The summed E-state index contributed by atoms with van der Waals surface area (Å²) in [6.07, 6.45) is 2.92. The normalized spacial score (nSPS) is 16.2. The van der Waals surface area contributed by atoms with Crippen LogP contribution in [-0.2, 0) is 10.1 Å². The van der Waals surface area contributed by atoms with Gasteiger partial charge in [0, 0.05) is 5.56 Å². The third kappa shape index (κ3) is 1.78. The molecule has 86 valence electrons. The van der Waals surface area contributed by atoms with Crippen molar-refractivity contribution in [1.82, 2.24) is 20.2 Å². The van der Waals surface area contributed by atoms with E-state index in [0.717, 1.165) is 11.1 Å². The van der Waals surface area contributed by atoms with Crippen molar-refractivity contribution in [2.24, 2.45) is 0 Å². The summed E-state index contributed by atoms with van der Waals surface area (Å²) in [4.78, 5) is 0. The molecule has 0 amide bonds. The Morgan fingerprint density at radius 1 is 1.29 bits per heavy atom. The summed E-state index contributed by atoms with van der Waals surface area (Å²) >= 11 is 0. The van der Waals surface area contributed by atoms with Crippen molar-refractivity contribution in [2.45, 2.75) is 0 Å². The molecule has 0 spiro atoms. The summed E-state index contributed by atoms with van der Waals surface area (Å²) in [5.41, 5.74) is 1.38. The third-order valence-electron chi connectivity index (χ3n) is 2.23. The van der Waals surface area contributed by atoms with Gasteiger partial charge in [0.1, 0.15) is 12.1 Å². The minimum Gasteiger partial charge on any atom is -0.379 e. The first-order chi connectivity index (χ1) is 8.14. The average Bonchev–Trinajstić information content (AvgIpc) is 2.81. The summed E-state index contributed by atoms with van der Waals surface area (Å²) in [6.45, 7) is 0. The molecule has 17 heavy (non-hydrogen) atoms. The summed E-state index contributed by atoms with van der Waals surface area (Å²) in [5, 5.41) is 11.8. The number of benzene rings is 1. The number of fused-ring (bicyclic) bond motifs is 1. The van der Waals surface area contributed by atoms with E-state index in [2.05, 4.69) is 15.5 Å². The molecule has 0 saturated heterocycles. The quantitative estimate of drug-likeness (QED) is 0.679. The van der Waals surface area contributed by atoms with Crippen molar-refractivity contribution in [1.29, 1.82) is 0 Å². The number of tetrazole rings is 1. The molecule has 8 heteroatoms. The minimum absolute atomic E-state index is 0.296. The van der Waals surface area contributed by atoms with Gasteiger partial charge in [0.15, 0.2) is 0 Å². The minimum atomic E-state index is -3.59. The fourth-order valence-electron chi connectivity index (χ4n) is 1.47. The fourth-order valence-corrected chi connectivity index (χ4v) is 2.24. The van der Waals surface area contributed by atoms with Gasteiger partial charge in [-0.3, -0.25) is 0 Å². The van der Waals surface area contributed by atoms with E-state index >= 15 is 0 Å². The Labute approximate surface area is 96.5 Å². The van der Waals surface area contributed by atoms with Crippen molar-refractivity contribution >= 4 is 16.2 Å². The first-order valence-electron chi connectivity index (χ1n) is 4.64. The van der Waals surface area contributed by atoms with E-state index in [4.69, 9.17) is 4.18 Å². The standard InChI is InChI=1S/C9H6N4O3S/c14-17(15)4-3-7-5-8(1-2-9(7)16-17)13-6-10-11-12-13/h1-6H. The molecule has 2 aromatic rings. The summed E-state index contributed by atoms with van der Waals surface area (Å²) in [6, 6.07) is 4.97. The lowest BCUT2D eigenvalue weighted by Crippen LogP contribution is -2.09. The highest BCUT2D eigenvalue weighted by Gasteiger charge is 2.17. The Hall–Kier alpha value is -2.22. The molecule has 0 unspecified atom stereocenters. The van der Waals surface area contributed by atoms with E-state index in [1.807, 2.05) is 0 Å². The molecule has 7 nitrogen and oxygen atoms in total. The summed E-state index contributed by atoms with van der Waals surface area (Å²) in [5.74, 6) is 0.296. The lowest BCUT2D eigenvalue weighted by atomic mass is 10.2. The smallest absolute Gasteiger partial charge is 0.332 e. The van der Waals surface area contributed by atoms with Crippen LogP contribution >= 0.6 is 0 Å². The van der Waals surface area contributed by atoms with Crippen LogP contribution < -0.4 is 4.18 Å². The first kappa shape index (κ1) is 9.97. The Morgan fingerprint density at radius 2 is 2.18 bits per heavy atom. The highest BCUT2D eigenvalue weighted by molar-refractivity contribution is 7.90. The van der Waals surface area contributed by atoms with E-state index in [1.54, 1.807) is 18.2 Å². The Balaban J connectivity index is 2.10. The number of hydrogen-bond donors (Lipinski definition) is 0. The van der Waals surface area contributed by atoms with E-state index in [9.17, 15) is 8.42 Å². The molecule has 1 aromatic carbocycles. The van der Waals surface area contributed by atoms with Gasteiger partial charge in [0.25, 0.3) is 0 Å². The predicted molar refractivity (Wildman–Crippen MR) is 57.7 cm³/mol. The van der Waals surface area contributed by atoms with E-state index in [-0.39, 0.29) is 0 Å². The van der Waals surface area contributed by atoms with Gasteiger partial charge in [-0.25, -0.2) is 4.68 Å². The second-order valence-electron chi connectivity index (χ2n) is 3.36. The van der Waals surface area contributed by atoms with E-state index in [0.29, 0.717) is 11.3 Å². The molecule has 1 aliphatic rings. The zero-order chi connectivity index (χ0) is 11.9. The van der Waals surface area contributed by atoms with Crippen molar-refractivity contribution < 1.29 is 12.6 Å². The van der Waals surface area contributed by atoms with Crippen LogP contribution in [0.5, 0.6) is 5.75 Å². The van der Waals surface area contributed by atoms with Crippen LogP contribution in [0.2, 0.25) is 0 Å². The largest absolute Gasteiger partial charge is 0.379 e. The molecular formula is C9H6N4O3S. The van der Waals surface area contributed by atoms with Crippen molar-refractivity contribution in [3.8, 4) is 11.4 Å². The lowest BCUT2D eigenvalue weighted by molar-refractivity contribution is 0.494. The highest BCUT2D eigenvalue weighted by Crippen LogP contribution is 2.28. The van der Waals surface area contributed by atoms with Crippen molar-refractivity contribution in [3.05, 3.63) is 35.5 Å². The van der Waals surface area contributed by atoms with Crippen LogP contribution in [0.25, 0.3) is 11.8 Å². The van der Waals surface area contributed by atoms with Crippen LogP contribution in [0.3, 0.4) is 0 Å². The molecule has 0 radical (unpaired) electrons. The first-order valence-corrected chi connectivity index (χ1v) is 6.11. The molecule has 2 heterocycles. The summed E-state index contributed by atoms with van der Waals surface area (Å²) in [7, 11) is -3.59. The maximum Gasteiger partial charge on any atom is 0.332 e. The molecule has 1 aliphatic heterocycles. The van der Waals surface area contributed by atoms with Crippen LogP contribution in [0, 0.1) is 0 Å². The molecule has 1 aromatic heterocycles. The maximum atomic E-state index is 11.2. The van der Waals surface area contributed by atoms with Crippen molar-refractivity contribution in [3.63, 3.8) is 0 Å². The molecule has 0 N–H and O–H groups in total. The molecule has 0 saturated carbocycles. The fraction of sp³-hybridized carbons (Fsp3) is 0. The maximum absolute atomic E-state index is 11.2. The second-order valence-corrected chi connectivity index (χ2v) is 4.78. The predicted octanol–water partition coefficient (Wildman–Crippen LogP) is 0.355. The average molecular weight is 250 g/mol. The van der Waals surface area contributed by atoms with E-state index < -0.39 is 10.1 Å². The van der Waals surface area contributed by atoms with Gasteiger partial charge >= 0.3 is 10.1 Å². The van der Waals surface area contributed by atoms with Crippen LogP contribution in [0.4, 0.5) is 0 Å². The molecule has 0 fully saturated rings. The van der Waals surface area contributed by atoms with Crippen LogP contribution in [-0.4, -0.2) is 28.6 Å². The third-order valence-corrected chi connectivity index (χ3v) is 3.11. The van der Waals surface area contributed by atoms with Crippen molar-refractivity contribution in [2.75, 3.05) is 0 Å². The number of nitrogens with zero attached hydrogens (tertiary/aromatic N) is 4. The Morgan fingerprint density at radius 3 is 2.94 bits per heavy atom. The molecule has 0 bridgehead atoms. The Bertz CT molecular complexity index is 691. The van der Waals surface area contributed by atoms with Crippen LogP contribution in [0.15, 0.2) is 29.9 Å². The SMILES string of the molecule is O=S1(=O)C=Cc2cc(-n3cnnn3)ccc2O1. The number of rotatable bonds is 1. The molecule has 0 atom stereocenters. The van der Waals surface area contributed by atoms with Gasteiger partial charge in [-0.1, -0.05) is 0 Å². The highest BCUT2D eigenvalue weighted by atomic mass is 32.2.